The first-order valence-electron chi connectivity index (χ1n) is 11.5. The summed E-state index contributed by atoms with van der Waals surface area (Å²) in [6.45, 7) is 5.74. The van der Waals surface area contributed by atoms with Gasteiger partial charge in [0.15, 0.2) is 0 Å². The Morgan fingerprint density at radius 2 is 1.97 bits per heavy atom. The number of carboxylic acid groups (broad SMARTS) is 1. The second-order valence-electron chi connectivity index (χ2n) is 8.84. The summed E-state index contributed by atoms with van der Waals surface area (Å²) in [7, 11) is 4.00. The Hall–Kier alpha value is -2.34. The molecule has 1 atom stereocenters. The average molecular weight is 457 g/mol. The minimum atomic E-state index is -0.848. The minimum absolute atomic E-state index is 0.0107. The normalized spacial score (nSPS) is 18.1. The highest BCUT2D eigenvalue weighted by atomic mass is 32.2. The Bertz CT molecular complexity index is 903. The number of anilines is 3. The molecule has 174 valence electrons. The van der Waals surface area contributed by atoms with Crippen LogP contribution in [0.5, 0.6) is 5.75 Å². The van der Waals surface area contributed by atoms with Crippen LogP contribution in [0, 0.1) is 5.41 Å². The summed E-state index contributed by atoms with van der Waals surface area (Å²) >= 11 is 1.91. The number of hydrogen-bond acceptors (Lipinski definition) is 5. The lowest BCUT2D eigenvalue weighted by atomic mass is 9.81. The van der Waals surface area contributed by atoms with Gasteiger partial charge in [0.25, 0.3) is 0 Å². The van der Waals surface area contributed by atoms with Crippen molar-refractivity contribution in [1.29, 1.82) is 0 Å². The lowest BCUT2D eigenvalue weighted by Gasteiger charge is -2.37. The number of benzene rings is 2. The first kappa shape index (κ1) is 24.3. The lowest BCUT2D eigenvalue weighted by molar-refractivity contribution is -0.137. The number of hydrogen-bond donors (Lipinski definition) is 1. The second-order valence-corrected chi connectivity index (χ2v) is 9.86. The Labute approximate surface area is 196 Å². The topological polar surface area (TPSA) is 53.0 Å². The van der Waals surface area contributed by atoms with Gasteiger partial charge in [0.05, 0.1) is 24.4 Å². The van der Waals surface area contributed by atoms with Crippen molar-refractivity contribution in [2.45, 2.75) is 50.8 Å². The van der Waals surface area contributed by atoms with Crippen LogP contribution in [0.3, 0.4) is 0 Å². The van der Waals surface area contributed by atoms with Crippen molar-refractivity contribution in [3.05, 3.63) is 42.5 Å². The number of nitrogens with zero attached hydrogens (tertiary/aromatic N) is 2. The molecule has 32 heavy (non-hydrogen) atoms. The van der Waals surface area contributed by atoms with Gasteiger partial charge >= 0.3 is 5.97 Å². The summed E-state index contributed by atoms with van der Waals surface area (Å²) in [4.78, 5) is 16.7. The van der Waals surface area contributed by atoms with Gasteiger partial charge in [0.2, 0.25) is 0 Å². The first-order valence-corrected chi connectivity index (χ1v) is 12.5. The molecule has 0 saturated heterocycles. The maximum Gasteiger partial charge on any atom is 0.306 e. The molecule has 0 aliphatic carbocycles. The standard InChI is InChI=1S/C26H36N2O3S/c1-5-7-14-26(6-2)18-28(20-11-9-8-10-12-20)22-16-21(27(3)4)23(17-24(22)32-19-26)31-15-13-25(29)30/h8-12,16-17H,5-7,13-15,18-19H2,1-4H3,(H,29,30). The van der Waals surface area contributed by atoms with E-state index < -0.39 is 5.97 Å². The zero-order valence-electron chi connectivity index (χ0n) is 19.8. The molecule has 0 aromatic heterocycles. The molecule has 1 unspecified atom stereocenters. The Kier molecular flexibility index (Phi) is 8.35. The number of thioether (sulfide) groups is 1. The van der Waals surface area contributed by atoms with Gasteiger partial charge in [-0.05, 0) is 42.5 Å². The van der Waals surface area contributed by atoms with Crippen LogP contribution in [0.4, 0.5) is 17.1 Å². The van der Waals surface area contributed by atoms with Crippen molar-refractivity contribution < 1.29 is 14.6 Å². The molecule has 1 aliphatic heterocycles. The molecule has 2 aromatic carbocycles. The SMILES string of the molecule is CCCCC1(CC)CSc2cc(OCCC(=O)O)c(N(C)C)cc2N(c2ccccc2)C1. The molecular formula is C26H36N2O3S. The third-order valence-corrected chi connectivity index (χ3v) is 7.69. The average Bonchev–Trinajstić information content (AvgIpc) is 2.95. The van der Waals surface area contributed by atoms with Gasteiger partial charge in [-0.15, -0.1) is 11.8 Å². The largest absolute Gasteiger partial charge is 0.491 e. The Morgan fingerprint density at radius 1 is 1.22 bits per heavy atom. The monoisotopic (exact) mass is 456 g/mol. The predicted molar refractivity (Wildman–Crippen MR) is 135 cm³/mol. The molecule has 1 N–H and O–H groups in total. The van der Waals surface area contributed by atoms with Crippen molar-refractivity contribution in [2.24, 2.45) is 5.41 Å². The third kappa shape index (κ3) is 5.71. The maximum absolute atomic E-state index is 11.0. The van der Waals surface area contributed by atoms with Gasteiger partial charge in [-0.3, -0.25) is 4.79 Å². The molecule has 0 radical (unpaired) electrons. The summed E-state index contributed by atoms with van der Waals surface area (Å²) in [5.41, 5.74) is 3.60. The predicted octanol–water partition coefficient (Wildman–Crippen LogP) is 6.44. The van der Waals surface area contributed by atoms with E-state index in [0.29, 0.717) is 0 Å². The van der Waals surface area contributed by atoms with Gasteiger partial charge in [-0.1, -0.05) is 44.9 Å². The molecule has 1 heterocycles. The zero-order valence-corrected chi connectivity index (χ0v) is 20.6. The molecule has 2 aromatic rings. The summed E-state index contributed by atoms with van der Waals surface area (Å²) in [6, 6.07) is 15.0. The minimum Gasteiger partial charge on any atom is -0.491 e. The van der Waals surface area contributed by atoms with Crippen molar-refractivity contribution >= 4 is 34.8 Å². The van der Waals surface area contributed by atoms with Crippen molar-refractivity contribution in [3.8, 4) is 5.75 Å². The van der Waals surface area contributed by atoms with E-state index >= 15 is 0 Å². The van der Waals surface area contributed by atoms with Crippen LogP contribution in [0.15, 0.2) is 47.4 Å². The molecule has 0 spiro atoms. The van der Waals surface area contributed by atoms with E-state index in [9.17, 15) is 4.79 Å². The van der Waals surface area contributed by atoms with Gasteiger partial charge in [-0.25, -0.2) is 0 Å². The molecule has 0 amide bonds. The van der Waals surface area contributed by atoms with E-state index in [2.05, 4.69) is 61.2 Å². The zero-order chi connectivity index (χ0) is 23.1. The van der Waals surface area contributed by atoms with Crippen LogP contribution in [-0.4, -0.2) is 44.1 Å². The van der Waals surface area contributed by atoms with Crippen LogP contribution < -0.4 is 14.5 Å². The fourth-order valence-electron chi connectivity index (χ4n) is 4.21. The lowest BCUT2D eigenvalue weighted by Crippen LogP contribution is -2.36. The van der Waals surface area contributed by atoms with Crippen LogP contribution in [0.1, 0.15) is 46.0 Å². The number of fused-ring (bicyclic) bond motifs is 1. The summed E-state index contributed by atoms with van der Waals surface area (Å²) in [5.74, 6) is 0.961. The number of ether oxygens (including phenoxy) is 1. The molecule has 0 saturated carbocycles. The molecule has 5 nitrogen and oxygen atoms in total. The first-order chi connectivity index (χ1) is 15.4. The second kappa shape index (κ2) is 11.0. The van der Waals surface area contributed by atoms with Crippen LogP contribution in [0.25, 0.3) is 0 Å². The van der Waals surface area contributed by atoms with E-state index in [4.69, 9.17) is 9.84 Å². The van der Waals surface area contributed by atoms with E-state index in [0.717, 1.165) is 30.2 Å². The smallest absolute Gasteiger partial charge is 0.306 e. The number of rotatable bonds is 10. The highest BCUT2D eigenvalue weighted by molar-refractivity contribution is 7.99. The van der Waals surface area contributed by atoms with Crippen molar-refractivity contribution in [2.75, 3.05) is 42.8 Å². The van der Waals surface area contributed by atoms with Crippen molar-refractivity contribution in [1.82, 2.24) is 0 Å². The highest BCUT2D eigenvalue weighted by Crippen LogP contribution is 2.49. The summed E-state index contributed by atoms with van der Waals surface area (Å²) in [6.07, 6.45) is 4.78. The molecule has 0 bridgehead atoms. The Morgan fingerprint density at radius 3 is 2.59 bits per heavy atom. The molecule has 6 heteroatoms. The third-order valence-electron chi connectivity index (χ3n) is 6.29. The number of aliphatic carboxylic acids is 1. The van der Waals surface area contributed by atoms with Crippen LogP contribution >= 0.6 is 11.8 Å². The maximum atomic E-state index is 11.0. The van der Waals surface area contributed by atoms with Crippen LogP contribution in [0.2, 0.25) is 0 Å². The number of carboxylic acids is 1. The number of carbonyl (C=O) groups is 1. The van der Waals surface area contributed by atoms with E-state index in [1.807, 2.05) is 30.8 Å². The van der Waals surface area contributed by atoms with E-state index in [1.165, 1.54) is 35.5 Å². The quantitative estimate of drug-likeness (QED) is 0.444. The van der Waals surface area contributed by atoms with Gasteiger partial charge in [-0.2, -0.15) is 0 Å². The fourth-order valence-corrected chi connectivity index (χ4v) is 5.62. The van der Waals surface area contributed by atoms with Gasteiger partial charge < -0.3 is 19.6 Å². The number of unbranched alkanes of at least 4 members (excludes halogenated alkanes) is 1. The fraction of sp³-hybridized carbons (Fsp3) is 0.500. The van der Waals surface area contributed by atoms with Crippen LogP contribution in [-0.2, 0) is 4.79 Å². The van der Waals surface area contributed by atoms with Gasteiger partial charge in [0.1, 0.15) is 5.75 Å². The summed E-state index contributed by atoms with van der Waals surface area (Å²) < 4.78 is 5.95. The van der Waals surface area contributed by atoms with Gasteiger partial charge in [0, 0.05) is 37.0 Å². The van der Waals surface area contributed by atoms with Crippen molar-refractivity contribution in [3.63, 3.8) is 0 Å². The van der Waals surface area contributed by atoms with E-state index in [1.54, 1.807) is 0 Å². The molecule has 1 aliphatic rings. The molecule has 0 fully saturated rings. The number of para-hydroxylation sites is 1. The van der Waals surface area contributed by atoms with E-state index in [-0.39, 0.29) is 18.4 Å². The molecular weight excluding hydrogens is 420 g/mol. The Balaban J connectivity index is 2.07. The molecule has 3 rings (SSSR count). The highest BCUT2D eigenvalue weighted by Gasteiger charge is 2.35. The summed E-state index contributed by atoms with van der Waals surface area (Å²) in [5, 5.41) is 9.01.